The average molecular weight is 429 g/mol. The third kappa shape index (κ3) is 8.35. The minimum atomic E-state index is 0.140. The quantitative estimate of drug-likeness (QED) is 0.277. The molecule has 1 N–H and O–H groups in total. The highest BCUT2D eigenvalue weighted by Crippen LogP contribution is 2.45. The van der Waals surface area contributed by atoms with E-state index in [-0.39, 0.29) is 5.75 Å². The Labute approximate surface area is 188 Å². The number of unbranched alkanes of at least 4 members (excludes halogenated alkanes) is 8. The van der Waals surface area contributed by atoms with Crippen LogP contribution in [0.3, 0.4) is 0 Å². The monoisotopic (exact) mass is 428 g/mol. The van der Waals surface area contributed by atoms with Crippen LogP contribution in [-0.2, 0) is 0 Å². The van der Waals surface area contributed by atoms with Gasteiger partial charge in [-0.05, 0) is 42.7 Å². The lowest BCUT2D eigenvalue weighted by Crippen LogP contribution is -2.03. The van der Waals surface area contributed by atoms with Gasteiger partial charge in [0.15, 0.2) is 11.5 Å². The van der Waals surface area contributed by atoms with Crippen molar-refractivity contribution >= 4 is 0 Å². The van der Waals surface area contributed by atoms with Crippen LogP contribution in [0.25, 0.3) is 11.1 Å². The number of benzene rings is 2. The van der Waals surface area contributed by atoms with Gasteiger partial charge < -0.3 is 19.3 Å². The van der Waals surface area contributed by atoms with E-state index in [9.17, 15) is 5.11 Å². The molecule has 0 fully saturated rings. The summed E-state index contributed by atoms with van der Waals surface area (Å²) in [5.74, 6) is 2.13. The number of hydrogen-bond donors (Lipinski definition) is 1. The van der Waals surface area contributed by atoms with Crippen molar-refractivity contribution in [1.29, 1.82) is 0 Å². The van der Waals surface area contributed by atoms with Crippen molar-refractivity contribution in [1.82, 2.24) is 0 Å². The molecule has 31 heavy (non-hydrogen) atoms. The molecule has 0 unspecified atom stereocenters. The van der Waals surface area contributed by atoms with Crippen LogP contribution in [-0.4, -0.2) is 25.4 Å². The van der Waals surface area contributed by atoms with E-state index in [4.69, 9.17) is 14.2 Å². The molecule has 0 aliphatic carbocycles. The second-order valence-corrected chi connectivity index (χ2v) is 8.04. The summed E-state index contributed by atoms with van der Waals surface area (Å²) in [5.41, 5.74) is 1.71. The highest BCUT2D eigenvalue weighted by Gasteiger charge is 2.18. The Kier molecular flexibility index (Phi) is 11.7. The Bertz CT molecular complexity index is 757. The van der Waals surface area contributed by atoms with E-state index in [1.54, 1.807) is 13.2 Å². The molecule has 4 nitrogen and oxygen atoms in total. The molecule has 0 saturated carbocycles. The number of methoxy groups -OCH3 is 1. The zero-order chi connectivity index (χ0) is 22.3. The molecule has 2 aromatic carbocycles. The first kappa shape index (κ1) is 24.9. The normalized spacial score (nSPS) is 10.8. The highest BCUT2D eigenvalue weighted by atomic mass is 16.5. The Morgan fingerprint density at radius 2 is 1.39 bits per heavy atom. The fraction of sp³-hybridized carbons (Fsp3) is 0.556. The molecule has 0 bridgehead atoms. The summed E-state index contributed by atoms with van der Waals surface area (Å²) in [7, 11) is 1.66. The van der Waals surface area contributed by atoms with E-state index in [1.807, 2.05) is 30.3 Å². The number of rotatable bonds is 16. The molecule has 0 radical (unpaired) electrons. The van der Waals surface area contributed by atoms with Crippen LogP contribution in [0.5, 0.6) is 23.0 Å². The number of phenolic OH excluding ortho intramolecular Hbond substituents is 1. The molecule has 2 aromatic rings. The minimum Gasteiger partial charge on any atom is -0.504 e. The smallest absolute Gasteiger partial charge is 0.172 e. The Morgan fingerprint density at radius 3 is 2.03 bits per heavy atom. The van der Waals surface area contributed by atoms with Crippen molar-refractivity contribution < 1.29 is 19.3 Å². The third-order valence-corrected chi connectivity index (χ3v) is 5.46. The molecule has 0 aliphatic rings. The van der Waals surface area contributed by atoms with Crippen molar-refractivity contribution in [3.63, 3.8) is 0 Å². The number of phenols is 1. The van der Waals surface area contributed by atoms with Gasteiger partial charge in [0, 0.05) is 0 Å². The van der Waals surface area contributed by atoms with E-state index in [1.165, 1.54) is 44.9 Å². The van der Waals surface area contributed by atoms with Crippen LogP contribution in [0, 0.1) is 0 Å². The Morgan fingerprint density at radius 1 is 0.742 bits per heavy atom. The van der Waals surface area contributed by atoms with Gasteiger partial charge >= 0.3 is 0 Å². The van der Waals surface area contributed by atoms with Crippen LogP contribution in [0.15, 0.2) is 36.4 Å². The van der Waals surface area contributed by atoms with Crippen LogP contribution in [0.4, 0.5) is 0 Å². The number of hydrogen-bond acceptors (Lipinski definition) is 4. The predicted octanol–water partition coefficient (Wildman–Crippen LogP) is 7.77. The number of aromatic hydroxyl groups is 1. The summed E-state index contributed by atoms with van der Waals surface area (Å²) in [4.78, 5) is 0. The molecular weight excluding hydrogens is 388 g/mol. The van der Waals surface area contributed by atoms with Crippen LogP contribution in [0.1, 0.15) is 78.1 Å². The first-order valence-corrected chi connectivity index (χ1v) is 12.0. The van der Waals surface area contributed by atoms with Gasteiger partial charge in [-0.2, -0.15) is 0 Å². The van der Waals surface area contributed by atoms with Crippen molar-refractivity contribution in [3.05, 3.63) is 36.4 Å². The van der Waals surface area contributed by atoms with Crippen LogP contribution >= 0.6 is 0 Å². The summed E-state index contributed by atoms with van der Waals surface area (Å²) < 4.78 is 17.7. The molecule has 0 spiro atoms. The Balaban J connectivity index is 2.19. The first-order valence-electron chi connectivity index (χ1n) is 12.0. The third-order valence-electron chi connectivity index (χ3n) is 5.46. The number of ether oxygens (including phenoxy) is 3. The summed E-state index contributed by atoms with van der Waals surface area (Å²) in [6, 6.07) is 11.3. The fourth-order valence-electron chi connectivity index (χ4n) is 3.64. The van der Waals surface area contributed by atoms with Gasteiger partial charge in [-0.3, -0.25) is 0 Å². The van der Waals surface area contributed by atoms with Gasteiger partial charge in [0.05, 0.1) is 25.9 Å². The van der Waals surface area contributed by atoms with Crippen molar-refractivity contribution in [3.8, 4) is 34.1 Å². The van der Waals surface area contributed by atoms with Crippen molar-refractivity contribution in [2.45, 2.75) is 78.1 Å². The molecule has 172 valence electrons. The predicted molar refractivity (Wildman–Crippen MR) is 129 cm³/mol. The standard InChI is InChI=1S/C27H40O4/c1-4-6-8-10-12-19-30-25-18-17-24(28)27(31-20-13-11-9-7-5-2)26(25)22-15-14-16-23(21-22)29-3/h14-18,21,28H,4-13,19-20H2,1-3H3. The molecule has 0 heterocycles. The van der Waals surface area contributed by atoms with Crippen LogP contribution < -0.4 is 14.2 Å². The van der Waals surface area contributed by atoms with Gasteiger partial charge in [-0.1, -0.05) is 77.3 Å². The van der Waals surface area contributed by atoms with Gasteiger partial charge in [-0.25, -0.2) is 0 Å². The van der Waals surface area contributed by atoms with E-state index in [0.29, 0.717) is 19.0 Å². The fourth-order valence-corrected chi connectivity index (χ4v) is 3.64. The van der Waals surface area contributed by atoms with Gasteiger partial charge in [0.2, 0.25) is 0 Å². The molecule has 2 rings (SSSR count). The van der Waals surface area contributed by atoms with Crippen molar-refractivity contribution in [2.75, 3.05) is 20.3 Å². The van der Waals surface area contributed by atoms with Crippen molar-refractivity contribution in [2.24, 2.45) is 0 Å². The average Bonchev–Trinajstić information content (AvgIpc) is 2.80. The maximum Gasteiger partial charge on any atom is 0.172 e. The molecule has 0 atom stereocenters. The highest BCUT2D eigenvalue weighted by molar-refractivity contribution is 5.80. The van der Waals surface area contributed by atoms with Gasteiger partial charge in [0.1, 0.15) is 11.5 Å². The lowest BCUT2D eigenvalue weighted by Gasteiger charge is -2.18. The maximum absolute atomic E-state index is 10.6. The minimum absolute atomic E-state index is 0.140. The molecule has 0 amide bonds. The lowest BCUT2D eigenvalue weighted by molar-refractivity contribution is 0.281. The lowest BCUT2D eigenvalue weighted by atomic mass is 10.0. The Hall–Kier alpha value is -2.36. The van der Waals surface area contributed by atoms with E-state index in [0.717, 1.165) is 41.9 Å². The summed E-state index contributed by atoms with van der Waals surface area (Å²) in [6.07, 6.45) is 11.7. The van der Waals surface area contributed by atoms with E-state index < -0.39 is 0 Å². The molecule has 0 aliphatic heterocycles. The van der Waals surface area contributed by atoms with E-state index in [2.05, 4.69) is 13.8 Å². The largest absolute Gasteiger partial charge is 0.504 e. The zero-order valence-electron chi connectivity index (χ0n) is 19.6. The van der Waals surface area contributed by atoms with Gasteiger partial charge in [0.25, 0.3) is 0 Å². The SMILES string of the molecule is CCCCCCCOc1ccc(O)c(OCCCCCCC)c1-c1cccc(OC)c1. The molecule has 0 saturated heterocycles. The summed E-state index contributed by atoms with van der Waals surface area (Å²) >= 11 is 0. The first-order chi connectivity index (χ1) is 15.2. The van der Waals surface area contributed by atoms with Crippen LogP contribution in [0.2, 0.25) is 0 Å². The molecule has 4 heteroatoms. The summed E-state index contributed by atoms with van der Waals surface area (Å²) in [6.45, 7) is 5.67. The maximum atomic E-state index is 10.6. The van der Waals surface area contributed by atoms with Gasteiger partial charge in [-0.15, -0.1) is 0 Å². The van der Waals surface area contributed by atoms with E-state index >= 15 is 0 Å². The second kappa shape index (κ2) is 14.6. The molecular formula is C27H40O4. The second-order valence-electron chi connectivity index (χ2n) is 8.04. The molecule has 0 aromatic heterocycles. The topological polar surface area (TPSA) is 47.9 Å². The zero-order valence-corrected chi connectivity index (χ0v) is 19.6. The summed E-state index contributed by atoms with van der Waals surface area (Å²) in [5, 5.41) is 10.6.